The highest BCUT2D eigenvalue weighted by atomic mass is 35.5. The second-order valence-corrected chi connectivity index (χ2v) is 8.62. The number of rotatable bonds is 3. The monoisotopic (exact) mass is 440 g/mol. The summed E-state index contributed by atoms with van der Waals surface area (Å²) in [7, 11) is 0. The maximum Gasteiger partial charge on any atom is 0.228 e. The van der Waals surface area contributed by atoms with Gasteiger partial charge in [-0.3, -0.25) is 0 Å². The number of halogens is 2. The summed E-state index contributed by atoms with van der Waals surface area (Å²) < 4.78 is 15.0. The molecule has 9 heteroatoms. The summed E-state index contributed by atoms with van der Waals surface area (Å²) in [4.78, 5) is 11.8. The van der Waals surface area contributed by atoms with Crippen LogP contribution in [0.25, 0.3) is 28.0 Å². The van der Waals surface area contributed by atoms with Crippen LogP contribution in [0.2, 0.25) is 5.02 Å². The first-order valence-corrected chi connectivity index (χ1v) is 11.0. The summed E-state index contributed by atoms with van der Waals surface area (Å²) >= 11 is 8.17. The molecule has 1 aliphatic heterocycles. The number of nitrogens with zero attached hydrogens (tertiary/aromatic N) is 5. The minimum absolute atomic E-state index is 0.321. The van der Waals surface area contributed by atoms with E-state index in [9.17, 15) is 4.39 Å². The van der Waals surface area contributed by atoms with E-state index in [1.165, 1.54) is 12.1 Å². The second kappa shape index (κ2) is 7.77. The third kappa shape index (κ3) is 3.46. The lowest BCUT2D eigenvalue weighted by Gasteiger charge is -2.26. The van der Waals surface area contributed by atoms with Gasteiger partial charge in [0.2, 0.25) is 5.95 Å². The molecule has 3 heterocycles. The average Bonchev–Trinajstić information content (AvgIpc) is 3.11. The highest BCUT2D eigenvalue weighted by Crippen LogP contribution is 2.34. The summed E-state index contributed by atoms with van der Waals surface area (Å²) in [6.07, 6.45) is 0. The van der Waals surface area contributed by atoms with Gasteiger partial charge in [0.15, 0.2) is 5.65 Å². The van der Waals surface area contributed by atoms with Crippen LogP contribution in [0, 0.1) is 5.82 Å². The quantitative estimate of drug-likeness (QED) is 0.508. The molecule has 0 amide bonds. The Morgan fingerprint density at radius 3 is 2.53 bits per heavy atom. The Morgan fingerprint density at radius 2 is 1.80 bits per heavy atom. The van der Waals surface area contributed by atoms with Crippen molar-refractivity contribution in [2.75, 3.05) is 35.2 Å². The van der Waals surface area contributed by atoms with Crippen LogP contribution in [0.4, 0.5) is 16.2 Å². The fraction of sp³-hybridized carbons (Fsp3) is 0.190. The molecule has 1 aliphatic rings. The highest BCUT2D eigenvalue weighted by Gasteiger charge is 2.22. The van der Waals surface area contributed by atoms with E-state index >= 15 is 0 Å². The number of fused-ring (bicyclic) bond motifs is 1. The normalized spacial score (nSPS) is 14.4. The SMILES string of the molecule is Nc1c2c(-c3cccc(Cl)c3)nc(N3CCSCC3)nc2nn1-c1ccc(F)cc1. The van der Waals surface area contributed by atoms with Gasteiger partial charge < -0.3 is 10.6 Å². The molecule has 1 saturated heterocycles. The zero-order chi connectivity index (χ0) is 20.7. The van der Waals surface area contributed by atoms with Gasteiger partial charge in [-0.05, 0) is 36.4 Å². The number of thioether (sulfide) groups is 1. The Kier molecular flexibility index (Phi) is 4.96. The topological polar surface area (TPSA) is 72.9 Å². The number of hydrogen-bond donors (Lipinski definition) is 1. The van der Waals surface area contributed by atoms with Crippen molar-refractivity contribution < 1.29 is 4.39 Å². The van der Waals surface area contributed by atoms with E-state index in [1.807, 2.05) is 36.0 Å². The largest absolute Gasteiger partial charge is 0.383 e. The van der Waals surface area contributed by atoms with E-state index in [2.05, 4.69) is 10.00 Å². The minimum atomic E-state index is -0.321. The first-order valence-electron chi connectivity index (χ1n) is 9.51. The summed E-state index contributed by atoms with van der Waals surface area (Å²) in [6, 6.07) is 13.5. The first kappa shape index (κ1) is 19.1. The van der Waals surface area contributed by atoms with Crippen molar-refractivity contribution in [1.29, 1.82) is 0 Å². The van der Waals surface area contributed by atoms with Gasteiger partial charge in [-0.25, -0.2) is 14.1 Å². The number of nitrogen functional groups attached to an aromatic ring is 1. The molecule has 0 saturated carbocycles. The highest BCUT2D eigenvalue weighted by molar-refractivity contribution is 7.99. The molecule has 0 spiro atoms. The van der Waals surface area contributed by atoms with Crippen LogP contribution in [-0.2, 0) is 0 Å². The summed E-state index contributed by atoms with van der Waals surface area (Å²) in [5, 5.41) is 5.89. The fourth-order valence-corrected chi connectivity index (χ4v) is 4.62. The van der Waals surface area contributed by atoms with Crippen LogP contribution in [0.1, 0.15) is 0 Å². The van der Waals surface area contributed by atoms with Crippen LogP contribution in [0.3, 0.4) is 0 Å². The van der Waals surface area contributed by atoms with E-state index in [-0.39, 0.29) is 5.82 Å². The van der Waals surface area contributed by atoms with Gasteiger partial charge in [0.25, 0.3) is 0 Å². The maximum atomic E-state index is 13.4. The third-order valence-corrected chi connectivity index (χ3v) is 6.20. The van der Waals surface area contributed by atoms with Gasteiger partial charge >= 0.3 is 0 Å². The molecule has 152 valence electrons. The van der Waals surface area contributed by atoms with Crippen molar-refractivity contribution in [1.82, 2.24) is 19.7 Å². The standard InChI is InChI=1S/C21H18ClFN6S/c22-14-3-1-2-13(12-14)18-17-19(24)29(16-6-4-15(23)5-7-16)27-20(17)26-21(25-18)28-8-10-30-11-9-28/h1-7,12H,8-11,24H2. The fourth-order valence-electron chi connectivity index (χ4n) is 3.53. The predicted octanol–water partition coefficient (Wildman–Crippen LogP) is 4.41. The smallest absolute Gasteiger partial charge is 0.228 e. The number of hydrogen-bond acceptors (Lipinski definition) is 6. The van der Waals surface area contributed by atoms with Crippen LogP contribution in [0.15, 0.2) is 48.5 Å². The van der Waals surface area contributed by atoms with Gasteiger partial charge in [-0.1, -0.05) is 23.7 Å². The second-order valence-electron chi connectivity index (χ2n) is 6.95. The zero-order valence-corrected chi connectivity index (χ0v) is 17.5. The summed E-state index contributed by atoms with van der Waals surface area (Å²) in [6.45, 7) is 1.75. The van der Waals surface area contributed by atoms with E-state index in [0.717, 1.165) is 30.2 Å². The molecule has 0 radical (unpaired) electrons. The Balaban J connectivity index is 1.74. The lowest BCUT2D eigenvalue weighted by molar-refractivity contribution is 0.627. The van der Waals surface area contributed by atoms with E-state index in [1.54, 1.807) is 16.8 Å². The van der Waals surface area contributed by atoms with Crippen molar-refractivity contribution in [2.45, 2.75) is 0 Å². The summed E-state index contributed by atoms with van der Waals surface area (Å²) in [5.74, 6) is 2.76. The van der Waals surface area contributed by atoms with Crippen LogP contribution in [-0.4, -0.2) is 44.3 Å². The molecule has 0 bridgehead atoms. The zero-order valence-electron chi connectivity index (χ0n) is 15.9. The van der Waals surface area contributed by atoms with Crippen molar-refractivity contribution in [3.05, 3.63) is 59.4 Å². The molecule has 6 nitrogen and oxygen atoms in total. The molecule has 2 aromatic carbocycles. The van der Waals surface area contributed by atoms with Gasteiger partial charge in [-0.15, -0.1) is 5.10 Å². The molecule has 2 N–H and O–H groups in total. The van der Waals surface area contributed by atoms with Gasteiger partial charge in [0.1, 0.15) is 11.6 Å². The average molecular weight is 441 g/mol. The molecular formula is C21H18ClFN6S. The van der Waals surface area contributed by atoms with Crippen molar-refractivity contribution in [3.63, 3.8) is 0 Å². The number of nitrogens with two attached hydrogens (primary N) is 1. The van der Waals surface area contributed by atoms with Gasteiger partial charge in [-0.2, -0.15) is 16.7 Å². The molecule has 5 rings (SSSR count). The predicted molar refractivity (Wildman–Crippen MR) is 121 cm³/mol. The molecule has 1 fully saturated rings. The third-order valence-electron chi connectivity index (χ3n) is 5.02. The molecule has 0 aliphatic carbocycles. The van der Waals surface area contributed by atoms with Crippen molar-refractivity contribution in [3.8, 4) is 16.9 Å². The van der Waals surface area contributed by atoms with Crippen LogP contribution >= 0.6 is 23.4 Å². The van der Waals surface area contributed by atoms with Gasteiger partial charge in [0, 0.05) is 35.2 Å². The Hall–Kier alpha value is -2.84. The lowest BCUT2D eigenvalue weighted by Crippen LogP contribution is -2.33. The Bertz CT molecular complexity index is 1220. The van der Waals surface area contributed by atoms with E-state index in [0.29, 0.717) is 39.2 Å². The Labute approximate surface area is 181 Å². The van der Waals surface area contributed by atoms with E-state index in [4.69, 9.17) is 27.3 Å². The van der Waals surface area contributed by atoms with Crippen molar-refractivity contribution >= 4 is 46.2 Å². The molecule has 30 heavy (non-hydrogen) atoms. The molecular weight excluding hydrogens is 423 g/mol. The maximum absolute atomic E-state index is 13.4. The number of aromatic nitrogens is 4. The molecule has 0 atom stereocenters. The van der Waals surface area contributed by atoms with E-state index < -0.39 is 0 Å². The molecule has 2 aromatic heterocycles. The lowest BCUT2D eigenvalue weighted by atomic mass is 10.1. The number of benzene rings is 2. The molecule has 4 aromatic rings. The molecule has 0 unspecified atom stereocenters. The summed E-state index contributed by atoms with van der Waals surface area (Å²) in [5.41, 5.74) is 9.16. The van der Waals surface area contributed by atoms with Crippen molar-refractivity contribution in [2.24, 2.45) is 0 Å². The Morgan fingerprint density at radius 1 is 1.03 bits per heavy atom. The minimum Gasteiger partial charge on any atom is -0.383 e. The van der Waals surface area contributed by atoms with Gasteiger partial charge in [0.05, 0.1) is 16.8 Å². The number of anilines is 2. The van der Waals surface area contributed by atoms with Crippen LogP contribution < -0.4 is 10.6 Å². The first-order chi connectivity index (χ1) is 14.6. The van der Waals surface area contributed by atoms with Crippen LogP contribution in [0.5, 0.6) is 0 Å².